The summed E-state index contributed by atoms with van der Waals surface area (Å²) in [7, 11) is 1.88. The molecule has 0 atom stereocenters. The highest BCUT2D eigenvalue weighted by molar-refractivity contribution is 6.32. The van der Waals surface area contributed by atoms with Gasteiger partial charge >= 0.3 is 0 Å². The molecule has 2 aromatic rings. The molecule has 0 unspecified atom stereocenters. The molecule has 2 heterocycles. The molecular formula is C23H26ClN5O. The van der Waals surface area contributed by atoms with Crippen LogP contribution in [0.4, 0.5) is 11.8 Å². The van der Waals surface area contributed by atoms with Crippen molar-refractivity contribution < 1.29 is 4.74 Å². The summed E-state index contributed by atoms with van der Waals surface area (Å²) in [6, 6.07) is 10.3. The van der Waals surface area contributed by atoms with E-state index in [1.54, 1.807) is 0 Å². The molecule has 1 aliphatic heterocycles. The van der Waals surface area contributed by atoms with E-state index in [0.29, 0.717) is 25.6 Å². The van der Waals surface area contributed by atoms with E-state index in [4.69, 9.17) is 26.3 Å². The lowest BCUT2D eigenvalue weighted by atomic mass is 10.1. The third-order valence-corrected chi connectivity index (χ3v) is 5.44. The van der Waals surface area contributed by atoms with Gasteiger partial charge in [-0.05, 0) is 30.2 Å². The van der Waals surface area contributed by atoms with Crippen LogP contribution in [0.3, 0.4) is 0 Å². The number of halogens is 1. The fraction of sp³-hybridized carbons (Fsp3) is 0.304. The van der Waals surface area contributed by atoms with E-state index in [2.05, 4.69) is 39.8 Å². The van der Waals surface area contributed by atoms with Gasteiger partial charge in [-0.25, -0.2) is 4.98 Å². The Kier molecular flexibility index (Phi) is 6.35. The second-order valence-electron chi connectivity index (χ2n) is 7.15. The van der Waals surface area contributed by atoms with Crippen LogP contribution in [0.25, 0.3) is 11.6 Å². The molecule has 1 aliphatic carbocycles. The van der Waals surface area contributed by atoms with E-state index in [-0.39, 0.29) is 0 Å². The van der Waals surface area contributed by atoms with Crippen LogP contribution in [-0.2, 0) is 11.2 Å². The number of anilines is 2. The zero-order valence-electron chi connectivity index (χ0n) is 17.3. The van der Waals surface area contributed by atoms with Crippen LogP contribution >= 0.6 is 11.6 Å². The lowest BCUT2D eigenvalue weighted by Crippen LogP contribution is -2.37. The molecule has 30 heavy (non-hydrogen) atoms. The van der Waals surface area contributed by atoms with Crippen LogP contribution in [0.5, 0.6) is 0 Å². The van der Waals surface area contributed by atoms with Crippen LogP contribution in [0.15, 0.2) is 53.3 Å². The number of ether oxygens (including phenoxy) is 1. The fourth-order valence-electron chi connectivity index (χ4n) is 3.65. The van der Waals surface area contributed by atoms with Crippen LogP contribution in [0, 0.1) is 0 Å². The van der Waals surface area contributed by atoms with E-state index in [0.717, 1.165) is 52.2 Å². The molecule has 0 bridgehead atoms. The summed E-state index contributed by atoms with van der Waals surface area (Å²) in [6.07, 6.45) is 6.75. The number of aromatic nitrogens is 2. The van der Waals surface area contributed by atoms with Crippen LogP contribution in [0.2, 0.25) is 0 Å². The van der Waals surface area contributed by atoms with E-state index in [1.165, 1.54) is 0 Å². The number of fused-ring (bicyclic) bond motifs is 1. The maximum atomic E-state index is 6.33. The molecule has 2 aliphatic rings. The van der Waals surface area contributed by atoms with Crippen molar-refractivity contribution in [2.75, 3.05) is 43.6 Å². The highest BCUT2D eigenvalue weighted by Gasteiger charge is 2.24. The molecule has 156 valence electrons. The molecule has 6 nitrogen and oxygen atoms in total. The van der Waals surface area contributed by atoms with Crippen molar-refractivity contribution >= 4 is 35.0 Å². The predicted octanol–water partition coefficient (Wildman–Crippen LogP) is 4.03. The zero-order valence-corrected chi connectivity index (χ0v) is 18.0. The Morgan fingerprint density at radius 1 is 1.17 bits per heavy atom. The highest BCUT2D eigenvalue weighted by atomic mass is 35.5. The maximum absolute atomic E-state index is 6.33. The summed E-state index contributed by atoms with van der Waals surface area (Å²) in [5.41, 5.74) is 4.21. The van der Waals surface area contributed by atoms with Crippen LogP contribution in [0.1, 0.15) is 23.7 Å². The van der Waals surface area contributed by atoms with Crippen molar-refractivity contribution in [2.45, 2.75) is 13.3 Å². The molecule has 0 radical (unpaired) electrons. The smallest absolute Gasteiger partial charge is 0.230 e. The molecule has 1 saturated heterocycles. The van der Waals surface area contributed by atoms with Gasteiger partial charge in [0.15, 0.2) is 0 Å². The number of benzene rings is 1. The Balaban J connectivity index is 1.65. The zero-order chi connectivity index (χ0) is 20.9. The van der Waals surface area contributed by atoms with Crippen molar-refractivity contribution in [2.24, 2.45) is 0 Å². The molecule has 1 aromatic carbocycles. The normalized spacial score (nSPS) is 16.9. The summed E-state index contributed by atoms with van der Waals surface area (Å²) in [5.74, 6) is 2.29. The maximum Gasteiger partial charge on any atom is 0.230 e. The van der Waals surface area contributed by atoms with Crippen molar-refractivity contribution in [1.29, 1.82) is 0 Å². The molecule has 0 amide bonds. The number of hydrogen-bond acceptors (Lipinski definition) is 6. The minimum Gasteiger partial charge on any atom is -0.378 e. The van der Waals surface area contributed by atoms with Gasteiger partial charge in [0.1, 0.15) is 11.6 Å². The first-order valence-electron chi connectivity index (χ1n) is 10.2. The SMILES string of the molecule is C/C=C(\C=C(/NC)Nc1nc2c(c(N3CCOCC3)n1)CC(Cl)=C2)c1ccccc1. The Hall–Kier alpha value is -2.83. The second kappa shape index (κ2) is 9.32. The Labute approximate surface area is 182 Å². The van der Waals surface area contributed by atoms with Gasteiger partial charge in [-0.15, -0.1) is 0 Å². The van der Waals surface area contributed by atoms with E-state index in [1.807, 2.05) is 38.2 Å². The van der Waals surface area contributed by atoms with E-state index >= 15 is 0 Å². The average molecular weight is 424 g/mol. The van der Waals surface area contributed by atoms with Gasteiger partial charge in [0, 0.05) is 37.2 Å². The average Bonchev–Trinajstić information content (AvgIpc) is 3.17. The number of morpholine rings is 1. The van der Waals surface area contributed by atoms with Gasteiger partial charge in [0.2, 0.25) is 5.95 Å². The quantitative estimate of drug-likeness (QED) is 0.684. The monoisotopic (exact) mass is 423 g/mol. The first kappa shape index (κ1) is 20.4. The predicted molar refractivity (Wildman–Crippen MR) is 123 cm³/mol. The third-order valence-electron chi connectivity index (χ3n) is 5.20. The lowest BCUT2D eigenvalue weighted by Gasteiger charge is -2.29. The highest BCUT2D eigenvalue weighted by Crippen LogP contribution is 2.34. The number of allylic oxidation sites excluding steroid dienone is 4. The third kappa shape index (κ3) is 4.50. The van der Waals surface area contributed by atoms with E-state index < -0.39 is 0 Å². The first-order chi connectivity index (χ1) is 14.7. The van der Waals surface area contributed by atoms with Gasteiger partial charge in [-0.3, -0.25) is 0 Å². The van der Waals surface area contributed by atoms with Crippen LogP contribution < -0.4 is 15.5 Å². The Morgan fingerprint density at radius 3 is 2.63 bits per heavy atom. The molecule has 7 heteroatoms. The molecular weight excluding hydrogens is 398 g/mol. The summed E-state index contributed by atoms with van der Waals surface area (Å²) in [6.45, 7) is 5.05. The Morgan fingerprint density at radius 2 is 1.93 bits per heavy atom. The molecule has 4 rings (SSSR count). The summed E-state index contributed by atoms with van der Waals surface area (Å²) in [5, 5.41) is 7.35. The van der Waals surface area contributed by atoms with Gasteiger partial charge in [0.25, 0.3) is 0 Å². The first-order valence-corrected chi connectivity index (χ1v) is 10.5. The van der Waals surface area contributed by atoms with Crippen molar-refractivity contribution in [3.8, 4) is 0 Å². The Bertz CT molecular complexity index is 994. The summed E-state index contributed by atoms with van der Waals surface area (Å²) >= 11 is 6.33. The summed E-state index contributed by atoms with van der Waals surface area (Å²) < 4.78 is 5.51. The molecule has 1 aromatic heterocycles. The minimum atomic E-state index is 0.543. The van der Waals surface area contributed by atoms with Crippen molar-refractivity contribution in [3.63, 3.8) is 0 Å². The van der Waals surface area contributed by atoms with Gasteiger partial charge in [-0.2, -0.15) is 4.98 Å². The minimum absolute atomic E-state index is 0.543. The molecule has 1 fully saturated rings. The second-order valence-corrected chi connectivity index (χ2v) is 7.63. The fourth-order valence-corrected chi connectivity index (χ4v) is 3.89. The largest absolute Gasteiger partial charge is 0.378 e. The van der Waals surface area contributed by atoms with Gasteiger partial charge in [0.05, 0.1) is 18.9 Å². The van der Waals surface area contributed by atoms with Crippen molar-refractivity contribution in [3.05, 3.63) is 70.2 Å². The molecule has 2 N–H and O–H groups in total. The van der Waals surface area contributed by atoms with Gasteiger partial charge in [-0.1, -0.05) is 48.0 Å². The number of nitrogens with zero attached hydrogens (tertiary/aromatic N) is 3. The number of hydrogen-bond donors (Lipinski definition) is 2. The summed E-state index contributed by atoms with van der Waals surface area (Å²) in [4.78, 5) is 11.8. The number of nitrogens with one attached hydrogen (secondary N) is 2. The standard InChI is InChI=1S/C23H26ClN5O/c1-3-16(17-7-5-4-6-8-17)13-21(25-2)27-23-26-20-15-18(24)14-19(20)22(28-23)29-9-11-30-12-10-29/h3-8,13,15,25H,9-12,14H2,1-2H3,(H,26,27,28)/b16-3+,21-13+. The van der Waals surface area contributed by atoms with Crippen molar-refractivity contribution in [1.82, 2.24) is 15.3 Å². The van der Waals surface area contributed by atoms with Gasteiger partial charge < -0.3 is 20.3 Å². The van der Waals surface area contributed by atoms with Crippen LogP contribution in [-0.4, -0.2) is 43.3 Å². The lowest BCUT2D eigenvalue weighted by molar-refractivity contribution is 0.122. The molecule has 0 saturated carbocycles. The molecule has 0 spiro atoms. The topological polar surface area (TPSA) is 62.3 Å². The van der Waals surface area contributed by atoms with E-state index in [9.17, 15) is 0 Å². The number of rotatable bonds is 6.